The SMILES string of the molecule is CC1OCC2(CCNCC2)C1NCc1ccc2c(c1)CN(C1CCC(=O)NC1=O)C2=O. The maximum Gasteiger partial charge on any atom is 0.255 e. The molecule has 3 unspecified atom stereocenters. The van der Waals surface area contributed by atoms with Crippen LogP contribution in [0, 0.1) is 5.41 Å². The smallest absolute Gasteiger partial charge is 0.255 e. The van der Waals surface area contributed by atoms with Gasteiger partial charge in [0.1, 0.15) is 6.04 Å². The molecule has 3 atom stereocenters. The van der Waals surface area contributed by atoms with Gasteiger partial charge in [0.05, 0.1) is 12.7 Å². The van der Waals surface area contributed by atoms with Crippen LogP contribution >= 0.6 is 0 Å². The Labute approximate surface area is 182 Å². The molecule has 4 heterocycles. The van der Waals surface area contributed by atoms with Gasteiger partial charge >= 0.3 is 0 Å². The number of hydrogen-bond acceptors (Lipinski definition) is 6. The van der Waals surface area contributed by atoms with E-state index < -0.39 is 6.04 Å². The minimum atomic E-state index is -0.574. The molecular formula is C23H30N4O4. The number of imide groups is 1. The molecule has 0 bridgehead atoms. The molecule has 3 fully saturated rings. The van der Waals surface area contributed by atoms with Crippen molar-refractivity contribution in [1.82, 2.24) is 20.9 Å². The van der Waals surface area contributed by atoms with Gasteiger partial charge in [0, 0.05) is 36.5 Å². The topological polar surface area (TPSA) is 99.8 Å². The zero-order chi connectivity index (χ0) is 21.6. The second-order valence-corrected chi connectivity index (χ2v) is 9.38. The monoisotopic (exact) mass is 426 g/mol. The molecule has 31 heavy (non-hydrogen) atoms. The minimum absolute atomic E-state index is 0.129. The van der Waals surface area contributed by atoms with E-state index in [1.165, 1.54) is 0 Å². The van der Waals surface area contributed by atoms with Crippen molar-refractivity contribution in [3.63, 3.8) is 0 Å². The number of carbonyl (C=O) groups excluding carboxylic acids is 3. The van der Waals surface area contributed by atoms with Crippen LogP contribution in [0.15, 0.2) is 18.2 Å². The van der Waals surface area contributed by atoms with Crippen molar-refractivity contribution in [3.8, 4) is 0 Å². The van der Waals surface area contributed by atoms with Crippen LogP contribution in [-0.2, 0) is 27.4 Å². The van der Waals surface area contributed by atoms with Gasteiger partial charge in [-0.3, -0.25) is 19.7 Å². The van der Waals surface area contributed by atoms with Gasteiger partial charge in [-0.05, 0) is 56.5 Å². The molecular weight excluding hydrogens is 396 g/mol. The summed E-state index contributed by atoms with van der Waals surface area (Å²) in [5.74, 6) is -0.771. The number of amides is 3. The van der Waals surface area contributed by atoms with E-state index in [0.717, 1.165) is 43.7 Å². The lowest BCUT2D eigenvalue weighted by Crippen LogP contribution is -2.52. The fourth-order valence-electron chi connectivity index (χ4n) is 5.71. The first-order valence-corrected chi connectivity index (χ1v) is 11.3. The lowest BCUT2D eigenvalue weighted by atomic mass is 9.73. The Kier molecular flexibility index (Phi) is 5.32. The van der Waals surface area contributed by atoms with Gasteiger partial charge in [-0.1, -0.05) is 12.1 Å². The molecule has 1 aromatic rings. The van der Waals surface area contributed by atoms with Crippen LogP contribution < -0.4 is 16.0 Å². The second-order valence-electron chi connectivity index (χ2n) is 9.38. The van der Waals surface area contributed by atoms with E-state index in [1.807, 2.05) is 12.1 Å². The van der Waals surface area contributed by atoms with Crippen LogP contribution in [0.3, 0.4) is 0 Å². The number of carbonyl (C=O) groups is 3. The maximum absolute atomic E-state index is 12.9. The Bertz CT molecular complexity index is 905. The molecule has 3 N–H and O–H groups in total. The van der Waals surface area contributed by atoms with Crippen molar-refractivity contribution < 1.29 is 19.1 Å². The number of hydrogen-bond donors (Lipinski definition) is 3. The highest BCUT2D eigenvalue weighted by molar-refractivity contribution is 6.05. The zero-order valence-electron chi connectivity index (χ0n) is 17.9. The summed E-state index contributed by atoms with van der Waals surface area (Å²) in [6, 6.07) is 5.67. The largest absolute Gasteiger partial charge is 0.376 e. The lowest BCUT2D eigenvalue weighted by molar-refractivity contribution is -0.136. The Morgan fingerprint density at radius 1 is 1.23 bits per heavy atom. The quantitative estimate of drug-likeness (QED) is 0.613. The molecule has 166 valence electrons. The molecule has 0 aromatic heterocycles. The van der Waals surface area contributed by atoms with E-state index in [9.17, 15) is 14.4 Å². The number of benzene rings is 1. The zero-order valence-corrected chi connectivity index (χ0v) is 17.9. The number of piperidine rings is 2. The van der Waals surface area contributed by atoms with Crippen LogP contribution in [-0.4, -0.2) is 60.5 Å². The molecule has 3 amide bonds. The first kappa shape index (κ1) is 20.6. The third-order valence-corrected chi connectivity index (χ3v) is 7.48. The number of nitrogens with zero attached hydrogens (tertiary/aromatic N) is 1. The summed E-state index contributed by atoms with van der Waals surface area (Å²) in [6.07, 6.45) is 3.07. The average Bonchev–Trinajstić information content (AvgIpc) is 3.24. The molecule has 3 saturated heterocycles. The molecule has 1 aromatic carbocycles. The van der Waals surface area contributed by atoms with Crippen molar-refractivity contribution in [1.29, 1.82) is 0 Å². The van der Waals surface area contributed by atoms with Gasteiger partial charge in [0.15, 0.2) is 0 Å². The van der Waals surface area contributed by atoms with Crippen LogP contribution in [0.4, 0.5) is 0 Å². The van der Waals surface area contributed by atoms with E-state index in [4.69, 9.17) is 4.74 Å². The molecule has 0 radical (unpaired) electrons. The fourth-order valence-corrected chi connectivity index (χ4v) is 5.71. The number of fused-ring (bicyclic) bond motifs is 1. The third-order valence-electron chi connectivity index (χ3n) is 7.48. The van der Waals surface area contributed by atoms with Gasteiger partial charge in [0.2, 0.25) is 11.8 Å². The Morgan fingerprint density at radius 3 is 2.81 bits per heavy atom. The summed E-state index contributed by atoms with van der Waals surface area (Å²) >= 11 is 0. The van der Waals surface area contributed by atoms with Crippen molar-refractivity contribution in [3.05, 3.63) is 34.9 Å². The normalized spacial score (nSPS) is 30.0. The second kappa shape index (κ2) is 8.00. The summed E-state index contributed by atoms with van der Waals surface area (Å²) in [5, 5.41) is 9.54. The molecule has 8 heteroatoms. The van der Waals surface area contributed by atoms with Gasteiger partial charge in [-0.15, -0.1) is 0 Å². The molecule has 4 aliphatic heterocycles. The van der Waals surface area contributed by atoms with Crippen LogP contribution in [0.2, 0.25) is 0 Å². The van der Waals surface area contributed by atoms with E-state index in [0.29, 0.717) is 31.1 Å². The van der Waals surface area contributed by atoms with Crippen molar-refractivity contribution >= 4 is 17.7 Å². The Balaban J connectivity index is 1.27. The molecule has 5 rings (SSSR count). The summed E-state index contributed by atoms with van der Waals surface area (Å²) in [5.41, 5.74) is 2.92. The number of nitrogens with one attached hydrogen (secondary N) is 3. The summed E-state index contributed by atoms with van der Waals surface area (Å²) in [4.78, 5) is 38.1. The first-order valence-electron chi connectivity index (χ1n) is 11.3. The van der Waals surface area contributed by atoms with E-state index in [1.54, 1.807) is 4.90 Å². The lowest BCUT2D eigenvalue weighted by Gasteiger charge is -2.39. The van der Waals surface area contributed by atoms with Crippen molar-refractivity contribution in [2.75, 3.05) is 19.7 Å². The van der Waals surface area contributed by atoms with Crippen LogP contribution in [0.1, 0.15) is 54.1 Å². The summed E-state index contributed by atoms with van der Waals surface area (Å²) in [6.45, 7) is 6.15. The number of rotatable bonds is 4. The standard InChI is InChI=1S/C23H30N4O4/c1-14-20(23(13-31-14)6-8-24-9-7-23)25-11-15-2-3-17-16(10-15)12-27(22(17)30)18-4-5-19(28)26-21(18)29/h2-3,10,14,18,20,24-25H,4-9,11-13H2,1H3,(H,26,28,29). The predicted octanol–water partition coefficient (Wildman–Crippen LogP) is 0.694. The molecule has 0 saturated carbocycles. The summed E-state index contributed by atoms with van der Waals surface area (Å²) < 4.78 is 6.03. The molecule has 1 spiro atoms. The van der Waals surface area contributed by atoms with Crippen LogP contribution in [0.5, 0.6) is 0 Å². The van der Waals surface area contributed by atoms with Gasteiger partial charge in [-0.25, -0.2) is 0 Å². The Hall–Kier alpha value is -2.29. The minimum Gasteiger partial charge on any atom is -0.376 e. The predicted molar refractivity (Wildman–Crippen MR) is 113 cm³/mol. The van der Waals surface area contributed by atoms with E-state index >= 15 is 0 Å². The third kappa shape index (κ3) is 3.66. The van der Waals surface area contributed by atoms with E-state index in [-0.39, 0.29) is 35.7 Å². The highest BCUT2D eigenvalue weighted by Crippen LogP contribution is 2.40. The maximum atomic E-state index is 12.9. The first-order chi connectivity index (χ1) is 15.0. The highest BCUT2D eigenvalue weighted by atomic mass is 16.5. The van der Waals surface area contributed by atoms with Gasteiger partial charge < -0.3 is 20.3 Å². The molecule has 4 aliphatic rings. The molecule has 0 aliphatic carbocycles. The Morgan fingerprint density at radius 2 is 2.03 bits per heavy atom. The van der Waals surface area contributed by atoms with Crippen molar-refractivity contribution in [2.24, 2.45) is 5.41 Å². The van der Waals surface area contributed by atoms with Crippen molar-refractivity contribution in [2.45, 2.75) is 63.9 Å². The van der Waals surface area contributed by atoms with E-state index in [2.05, 4.69) is 28.9 Å². The molecule has 8 nitrogen and oxygen atoms in total. The van der Waals surface area contributed by atoms with Crippen LogP contribution in [0.25, 0.3) is 0 Å². The highest BCUT2D eigenvalue weighted by Gasteiger charge is 2.48. The average molecular weight is 427 g/mol. The summed E-state index contributed by atoms with van der Waals surface area (Å²) in [7, 11) is 0. The van der Waals surface area contributed by atoms with Gasteiger partial charge in [-0.2, -0.15) is 0 Å². The van der Waals surface area contributed by atoms with Gasteiger partial charge in [0.25, 0.3) is 5.91 Å². The fraction of sp³-hybridized carbons (Fsp3) is 0.609. The number of ether oxygens (including phenoxy) is 1.